The number of rotatable bonds is 6. The van der Waals surface area contributed by atoms with E-state index in [2.05, 4.69) is 62.2 Å². The fraction of sp³-hybridized carbons (Fsp3) is 0.684. The summed E-state index contributed by atoms with van der Waals surface area (Å²) in [7, 11) is 0. The van der Waals surface area contributed by atoms with Gasteiger partial charge in [-0.15, -0.1) is 0 Å². The summed E-state index contributed by atoms with van der Waals surface area (Å²) in [4.78, 5) is 2.62. The molecule has 1 aromatic rings. The SMILES string of the molecule is CC(C)CNCc1ccc(CN2CC(C)CC(C)C2)cc1. The van der Waals surface area contributed by atoms with Crippen LogP contribution in [-0.2, 0) is 13.1 Å². The number of likely N-dealkylation sites (tertiary alicyclic amines) is 1. The molecule has 2 atom stereocenters. The minimum Gasteiger partial charge on any atom is -0.312 e. The van der Waals surface area contributed by atoms with Crippen LogP contribution in [0.3, 0.4) is 0 Å². The Hall–Kier alpha value is -0.860. The second-order valence-corrected chi connectivity index (χ2v) is 7.48. The lowest BCUT2D eigenvalue weighted by Crippen LogP contribution is -2.38. The van der Waals surface area contributed by atoms with Gasteiger partial charge in [0.25, 0.3) is 0 Å². The van der Waals surface area contributed by atoms with E-state index in [4.69, 9.17) is 0 Å². The minimum absolute atomic E-state index is 0.715. The van der Waals surface area contributed by atoms with E-state index in [9.17, 15) is 0 Å². The van der Waals surface area contributed by atoms with E-state index < -0.39 is 0 Å². The van der Waals surface area contributed by atoms with E-state index in [0.717, 1.165) is 31.5 Å². The van der Waals surface area contributed by atoms with Crippen LogP contribution in [0.4, 0.5) is 0 Å². The van der Waals surface area contributed by atoms with E-state index in [1.54, 1.807) is 0 Å². The zero-order valence-corrected chi connectivity index (χ0v) is 14.2. The van der Waals surface area contributed by atoms with Crippen molar-refractivity contribution in [2.75, 3.05) is 19.6 Å². The van der Waals surface area contributed by atoms with Crippen LogP contribution in [0, 0.1) is 17.8 Å². The molecule has 0 aliphatic carbocycles. The number of hydrogen-bond acceptors (Lipinski definition) is 2. The van der Waals surface area contributed by atoms with Crippen molar-refractivity contribution in [3.05, 3.63) is 35.4 Å². The first-order chi connectivity index (χ1) is 10.0. The minimum atomic E-state index is 0.715. The Morgan fingerprint density at radius 1 is 1.05 bits per heavy atom. The summed E-state index contributed by atoms with van der Waals surface area (Å²) in [6.07, 6.45) is 1.39. The van der Waals surface area contributed by atoms with Crippen LogP contribution in [0.25, 0.3) is 0 Å². The van der Waals surface area contributed by atoms with Gasteiger partial charge < -0.3 is 5.32 Å². The molecule has 1 aromatic carbocycles. The molecular formula is C19H32N2. The molecule has 21 heavy (non-hydrogen) atoms. The van der Waals surface area contributed by atoms with Crippen LogP contribution in [0.1, 0.15) is 45.2 Å². The second-order valence-electron chi connectivity index (χ2n) is 7.48. The van der Waals surface area contributed by atoms with Gasteiger partial charge >= 0.3 is 0 Å². The summed E-state index contributed by atoms with van der Waals surface area (Å²) in [5.41, 5.74) is 2.84. The third-order valence-corrected chi connectivity index (χ3v) is 4.26. The second kappa shape index (κ2) is 7.95. The van der Waals surface area contributed by atoms with E-state index in [0.29, 0.717) is 5.92 Å². The molecule has 0 amide bonds. The van der Waals surface area contributed by atoms with Gasteiger partial charge in [0.2, 0.25) is 0 Å². The zero-order chi connectivity index (χ0) is 15.2. The fourth-order valence-electron chi connectivity index (χ4n) is 3.45. The molecule has 1 N–H and O–H groups in total. The normalized spacial score (nSPS) is 23.7. The lowest BCUT2D eigenvalue weighted by atomic mass is 9.91. The van der Waals surface area contributed by atoms with Crippen LogP contribution in [0.5, 0.6) is 0 Å². The first kappa shape index (κ1) is 16.5. The van der Waals surface area contributed by atoms with Crippen LogP contribution in [-0.4, -0.2) is 24.5 Å². The summed E-state index contributed by atoms with van der Waals surface area (Å²) in [5.74, 6) is 2.40. The average molecular weight is 288 g/mol. The van der Waals surface area contributed by atoms with Crippen LogP contribution >= 0.6 is 0 Å². The Morgan fingerprint density at radius 2 is 1.62 bits per heavy atom. The van der Waals surface area contributed by atoms with Gasteiger partial charge in [0.1, 0.15) is 0 Å². The monoisotopic (exact) mass is 288 g/mol. The molecule has 2 heteroatoms. The van der Waals surface area contributed by atoms with Crippen LogP contribution in [0.2, 0.25) is 0 Å². The maximum Gasteiger partial charge on any atom is 0.0233 e. The van der Waals surface area contributed by atoms with Crippen molar-refractivity contribution in [1.29, 1.82) is 0 Å². The quantitative estimate of drug-likeness (QED) is 0.854. The summed E-state index contributed by atoms with van der Waals surface area (Å²) < 4.78 is 0. The first-order valence-electron chi connectivity index (χ1n) is 8.53. The number of nitrogens with zero attached hydrogens (tertiary/aromatic N) is 1. The van der Waals surface area contributed by atoms with Crippen molar-refractivity contribution in [1.82, 2.24) is 10.2 Å². The number of piperidine rings is 1. The lowest BCUT2D eigenvalue weighted by Gasteiger charge is -2.35. The molecule has 2 rings (SSSR count). The van der Waals surface area contributed by atoms with Crippen molar-refractivity contribution in [3.63, 3.8) is 0 Å². The number of nitrogens with one attached hydrogen (secondary N) is 1. The number of benzene rings is 1. The average Bonchev–Trinajstić information content (AvgIpc) is 2.39. The van der Waals surface area contributed by atoms with Crippen molar-refractivity contribution in [3.8, 4) is 0 Å². The van der Waals surface area contributed by atoms with Crippen molar-refractivity contribution < 1.29 is 0 Å². The smallest absolute Gasteiger partial charge is 0.0233 e. The third kappa shape index (κ3) is 5.80. The van der Waals surface area contributed by atoms with Crippen molar-refractivity contribution in [2.45, 2.75) is 47.2 Å². The van der Waals surface area contributed by atoms with E-state index in [-0.39, 0.29) is 0 Å². The lowest BCUT2D eigenvalue weighted by molar-refractivity contribution is 0.134. The van der Waals surface area contributed by atoms with E-state index in [1.165, 1.54) is 30.6 Å². The predicted octanol–water partition coefficient (Wildman–Crippen LogP) is 3.91. The highest BCUT2D eigenvalue weighted by atomic mass is 15.1. The summed E-state index contributed by atoms with van der Waals surface area (Å²) in [6, 6.07) is 9.16. The largest absolute Gasteiger partial charge is 0.312 e. The molecule has 1 aliphatic rings. The summed E-state index contributed by atoms with van der Waals surface area (Å²) in [6.45, 7) is 14.9. The highest BCUT2D eigenvalue weighted by Crippen LogP contribution is 2.22. The molecule has 0 aromatic heterocycles. The van der Waals surface area contributed by atoms with Gasteiger partial charge in [-0.25, -0.2) is 0 Å². The van der Waals surface area contributed by atoms with E-state index in [1.807, 2.05) is 0 Å². The Labute approximate surface area is 130 Å². The van der Waals surface area contributed by atoms with Gasteiger partial charge in [0.15, 0.2) is 0 Å². The van der Waals surface area contributed by atoms with Gasteiger partial charge in [-0.2, -0.15) is 0 Å². The van der Waals surface area contributed by atoms with Crippen LogP contribution < -0.4 is 5.32 Å². The van der Waals surface area contributed by atoms with Crippen molar-refractivity contribution in [2.24, 2.45) is 17.8 Å². The number of hydrogen-bond donors (Lipinski definition) is 1. The Bertz CT molecular complexity index is 400. The maximum atomic E-state index is 3.50. The first-order valence-corrected chi connectivity index (χ1v) is 8.53. The Morgan fingerprint density at radius 3 is 2.19 bits per heavy atom. The maximum absolute atomic E-state index is 3.50. The summed E-state index contributed by atoms with van der Waals surface area (Å²) >= 11 is 0. The molecular weight excluding hydrogens is 256 g/mol. The molecule has 2 nitrogen and oxygen atoms in total. The Kier molecular flexibility index (Phi) is 6.25. The third-order valence-electron chi connectivity index (χ3n) is 4.26. The Balaban J connectivity index is 1.81. The molecule has 1 saturated heterocycles. The standard InChI is InChI=1S/C19H32N2/c1-15(2)10-20-11-18-5-7-19(8-6-18)14-21-12-16(3)9-17(4)13-21/h5-8,15-17,20H,9-14H2,1-4H3. The van der Waals surface area contributed by atoms with E-state index >= 15 is 0 Å². The molecule has 2 unspecified atom stereocenters. The summed E-state index contributed by atoms with van der Waals surface area (Å²) in [5, 5.41) is 3.50. The van der Waals surface area contributed by atoms with Gasteiger partial charge in [0.05, 0.1) is 0 Å². The molecule has 0 bridgehead atoms. The molecule has 1 aliphatic heterocycles. The topological polar surface area (TPSA) is 15.3 Å². The molecule has 1 heterocycles. The highest BCUT2D eigenvalue weighted by Gasteiger charge is 2.21. The van der Waals surface area contributed by atoms with Gasteiger partial charge in [-0.1, -0.05) is 52.0 Å². The fourth-order valence-corrected chi connectivity index (χ4v) is 3.45. The van der Waals surface area contributed by atoms with Gasteiger partial charge in [-0.3, -0.25) is 4.90 Å². The molecule has 1 fully saturated rings. The van der Waals surface area contributed by atoms with Gasteiger partial charge in [0, 0.05) is 26.2 Å². The zero-order valence-electron chi connectivity index (χ0n) is 14.2. The predicted molar refractivity (Wildman–Crippen MR) is 91.2 cm³/mol. The highest BCUT2D eigenvalue weighted by molar-refractivity contribution is 5.22. The molecule has 0 saturated carbocycles. The molecule has 0 spiro atoms. The van der Waals surface area contributed by atoms with Gasteiger partial charge in [-0.05, 0) is 41.8 Å². The molecule has 0 radical (unpaired) electrons. The van der Waals surface area contributed by atoms with Crippen LogP contribution in [0.15, 0.2) is 24.3 Å². The molecule has 118 valence electrons. The van der Waals surface area contributed by atoms with Crippen molar-refractivity contribution >= 4 is 0 Å².